The maximum atomic E-state index is 13.2. The van der Waals surface area contributed by atoms with Crippen LogP contribution in [0.25, 0.3) is 0 Å². The van der Waals surface area contributed by atoms with Gasteiger partial charge in [-0.25, -0.2) is 8.78 Å². The summed E-state index contributed by atoms with van der Waals surface area (Å²) in [6, 6.07) is 3.53. The highest BCUT2D eigenvalue weighted by Gasteiger charge is 2.23. The summed E-state index contributed by atoms with van der Waals surface area (Å²) in [6.45, 7) is 4.02. The van der Waals surface area contributed by atoms with Crippen molar-refractivity contribution >= 4 is 0 Å². The standard InChI is InChI=1S/C13H19F2N3/c1-17-2-4-18(5-3-17)13(9-16)10-6-11(14)8-12(15)7-10/h6-8,13H,2-5,9,16H2,1H3. The Kier molecular flexibility index (Phi) is 4.27. The van der Waals surface area contributed by atoms with Crippen molar-refractivity contribution in [1.29, 1.82) is 0 Å². The van der Waals surface area contributed by atoms with E-state index in [2.05, 4.69) is 16.8 Å². The smallest absolute Gasteiger partial charge is 0.126 e. The van der Waals surface area contributed by atoms with Crippen molar-refractivity contribution in [3.05, 3.63) is 35.4 Å². The third-order valence-electron chi connectivity index (χ3n) is 3.47. The molecule has 0 spiro atoms. The molecule has 1 aromatic carbocycles. The minimum Gasteiger partial charge on any atom is -0.329 e. The van der Waals surface area contributed by atoms with Gasteiger partial charge in [-0.15, -0.1) is 0 Å². The lowest BCUT2D eigenvalue weighted by molar-refractivity contribution is 0.114. The predicted octanol–water partition coefficient (Wildman–Crippen LogP) is 1.21. The van der Waals surface area contributed by atoms with Crippen LogP contribution in [-0.2, 0) is 0 Å². The Labute approximate surface area is 106 Å². The fourth-order valence-corrected chi connectivity index (χ4v) is 2.40. The van der Waals surface area contributed by atoms with Crippen LogP contribution in [0.4, 0.5) is 8.78 Å². The highest BCUT2D eigenvalue weighted by molar-refractivity contribution is 5.22. The van der Waals surface area contributed by atoms with Crippen molar-refractivity contribution in [2.45, 2.75) is 6.04 Å². The maximum Gasteiger partial charge on any atom is 0.126 e. The molecule has 1 aliphatic heterocycles. The lowest BCUT2D eigenvalue weighted by Gasteiger charge is -2.37. The van der Waals surface area contributed by atoms with Gasteiger partial charge in [0.1, 0.15) is 11.6 Å². The van der Waals surface area contributed by atoms with Crippen LogP contribution in [0.5, 0.6) is 0 Å². The van der Waals surface area contributed by atoms with Crippen molar-refractivity contribution in [3.63, 3.8) is 0 Å². The predicted molar refractivity (Wildman–Crippen MR) is 67.2 cm³/mol. The number of hydrogen-bond donors (Lipinski definition) is 1. The first kappa shape index (κ1) is 13.4. The van der Waals surface area contributed by atoms with Gasteiger partial charge in [-0.3, -0.25) is 4.90 Å². The Bertz CT molecular complexity index is 383. The molecule has 3 nitrogen and oxygen atoms in total. The molecule has 5 heteroatoms. The number of benzene rings is 1. The molecule has 0 radical (unpaired) electrons. The molecule has 0 saturated carbocycles. The fourth-order valence-electron chi connectivity index (χ4n) is 2.40. The van der Waals surface area contributed by atoms with Crippen LogP contribution >= 0.6 is 0 Å². The van der Waals surface area contributed by atoms with Crippen molar-refractivity contribution in [2.75, 3.05) is 39.8 Å². The van der Waals surface area contributed by atoms with Gasteiger partial charge in [-0.05, 0) is 24.7 Å². The van der Waals surface area contributed by atoms with E-state index in [1.807, 2.05) is 0 Å². The van der Waals surface area contributed by atoms with Gasteiger partial charge in [0, 0.05) is 44.8 Å². The molecule has 2 rings (SSSR count). The molecule has 0 aliphatic carbocycles. The fraction of sp³-hybridized carbons (Fsp3) is 0.538. The zero-order valence-corrected chi connectivity index (χ0v) is 10.6. The Balaban J connectivity index is 2.17. The van der Waals surface area contributed by atoms with Crippen molar-refractivity contribution < 1.29 is 8.78 Å². The molecule has 0 bridgehead atoms. The lowest BCUT2D eigenvalue weighted by atomic mass is 10.0. The molecule has 18 heavy (non-hydrogen) atoms. The SMILES string of the molecule is CN1CCN(C(CN)c2cc(F)cc(F)c2)CC1. The molecule has 2 N–H and O–H groups in total. The van der Waals surface area contributed by atoms with Gasteiger partial charge in [0.25, 0.3) is 0 Å². The lowest BCUT2D eigenvalue weighted by Crippen LogP contribution is -2.47. The molecular formula is C13H19F2N3. The third-order valence-corrected chi connectivity index (χ3v) is 3.47. The van der Waals surface area contributed by atoms with Crippen LogP contribution in [0.2, 0.25) is 0 Å². The van der Waals surface area contributed by atoms with Crippen LogP contribution in [0, 0.1) is 11.6 Å². The van der Waals surface area contributed by atoms with Gasteiger partial charge in [0.15, 0.2) is 0 Å². The second kappa shape index (κ2) is 5.73. The highest BCUT2D eigenvalue weighted by Crippen LogP contribution is 2.22. The molecule has 1 aliphatic rings. The van der Waals surface area contributed by atoms with Gasteiger partial charge in [0.2, 0.25) is 0 Å². The molecule has 1 heterocycles. The average Bonchev–Trinajstić information content (AvgIpc) is 2.31. The second-order valence-corrected chi connectivity index (χ2v) is 4.79. The van der Waals surface area contributed by atoms with Crippen LogP contribution in [0.1, 0.15) is 11.6 Å². The summed E-state index contributed by atoms with van der Waals surface area (Å²) in [6.07, 6.45) is 0. The van der Waals surface area contributed by atoms with E-state index in [-0.39, 0.29) is 6.04 Å². The highest BCUT2D eigenvalue weighted by atomic mass is 19.1. The number of rotatable bonds is 3. The zero-order valence-electron chi connectivity index (χ0n) is 10.6. The van der Waals surface area contributed by atoms with Crippen molar-refractivity contribution in [3.8, 4) is 0 Å². The molecule has 0 amide bonds. The number of halogens is 2. The normalized spacial score (nSPS) is 20.0. The Morgan fingerprint density at radius 3 is 2.17 bits per heavy atom. The molecule has 1 atom stereocenters. The number of piperazine rings is 1. The minimum absolute atomic E-state index is 0.108. The molecule has 1 saturated heterocycles. The molecule has 1 fully saturated rings. The largest absolute Gasteiger partial charge is 0.329 e. The first-order valence-electron chi connectivity index (χ1n) is 6.19. The zero-order chi connectivity index (χ0) is 13.1. The first-order valence-corrected chi connectivity index (χ1v) is 6.19. The number of nitrogens with two attached hydrogens (primary N) is 1. The summed E-state index contributed by atoms with van der Waals surface area (Å²) in [5.74, 6) is -1.09. The monoisotopic (exact) mass is 255 g/mol. The van der Waals surface area contributed by atoms with E-state index in [9.17, 15) is 8.78 Å². The molecular weight excluding hydrogens is 236 g/mol. The van der Waals surface area contributed by atoms with Crippen molar-refractivity contribution in [1.82, 2.24) is 9.80 Å². The minimum atomic E-state index is -0.544. The summed E-state index contributed by atoms with van der Waals surface area (Å²) in [7, 11) is 2.07. The van der Waals surface area contributed by atoms with Crippen LogP contribution in [0.15, 0.2) is 18.2 Å². The van der Waals surface area contributed by atoms with E-state index < -0.39 is 11.6 Å². The van der Waals surface area contributed by atoms with Gasteiger partial charge in [0.05, 0.1) is 0 Å². The number of hydrogen-bond acceptors (Lipinski definition) is 3. The summed E-state index contributed by atoms with van der Waals surface area (Å²) in [5.41, 5.74) is 6.39. The van der Waals surface area contributed by atoms with Crippen molar-refractivity contribution in [2.24, 2.45) is 5.73 Å². The van der Waals surface area contributed by atoms with Crippen LogP contribution in [-0.4, -0.2) is 49.6 Å². The summed E-state index contributed by atoms with van der Waals surface area (Å²) < 4.78 is 26.5. The van der Waals surface area contributed by atoms with Gasteiger partial charge in [-0.1, -0.05) is 0 Å². The topological polar surface area (TPSA) is 32.5 Å². The van der Waals surface area contributed by atoms with E-state index in [0.717, 1.165) is 32.2 Å². The van der Waals surface area contributed by atoms with Crippen LogP contribution in [0.3, 0.4) is 0 Å². The van der Waals surface area contributed by atoms with E-state index in [1.165, 1.54) is 12.1 Å². The maximum absolute atomic E-state index is 13.2. The summed E-state index contributed by atoms with van der Waals surface area (Å²) >= 11 is 0. The van der Waals surface area contributed by atoms with E-state index in [1.54, 1.807) is 0 Å². The summed E-state index contributed by atoms with van der Waals surface area (Å²) in [4.78, 5) is 4.42. The van der Waals surface area contributed by atoms with Crippen LogP contribution < -0.4 is 5.73 Å². The van der Waals surface area contributed by atoms with Gasteiger partial charge in [-0.2, -0.15) is 0 Å². The Morgan fingerprint density at radius 1 is 1.11 bits per heavy atom. The average molecular weight is 255 g/mol. The first-order chi connectivity index (χ1) is 8.60. The van der Waals surface area contributed by atoms with E-state index in [0.29, 0.717) is 12.1 Å². The second-order valence-electron chi connectivity index (χ2n) is 4.79. The quantitative estimate of drug-likeness (QED) is 0.881. The number of nitrogens with zero attached hydrogens (tertiary/aromatic N) is 2. The Hall–Kier alpha value is -1.04. The molecule has 100 valence electrons. The number of likely N-dealkylation sites (N-methyl/N-ethyl adjacent to an activating group) is 1. The third kappa shape index (κ3) is 3.04. The summed E-state index contributed by atoms with van der Waals surface area (Å²) in [5, 5.41) is 0. The molecule has 0 aromatic heterocycles. The van der Waals surface area contributed by atoms with Gasteiger partial charge >= 0.3 is 0 Å². The molecule has 1 aromatic rings. The molecule has 1 unspecified atom stereocenters. The van der Waals surface area contributed by atoms with E-state index >= 15 is 0 Å². The van der Waals surface area contributed by atoms with E-state index in [4.69, 9.17) is 5.73 Å². The Morgan fingerprint density at radius 2 is 1.67 bits per heavy atom. The van der Waals surface area contributed by atoms with Gasteiger partial charge < -0.3 is 10.6 Å².